The number of likely N-dealkylation sites (N-methyl/N-ethyl adjacent to an activating group) is 1. The maximum atomic E-state index is 14.4. The summed E-state index contributed by atoms with van der Waals surface area (Å²) in [6, 6.07) is 0.557. The number of carbonyl (C=O) groups is 1. The number of aromatic nitrogens is 4. The Hall–Kier alpha value is -2.08. The van der Waals surface area contributed by atoms with Crippen molar-refractivity contribution in [2.75, 3.05) is 33.1 Å². The summed E-state index contributed by atoms with van der Waals surface area (Å²) in [4.78, 5) is 31.1. The third-order valence-electron chi connectivity index (χ3n) is 9.55. The molecule has 2 aromatic rings. The van der Waals surface area contributed by atoms with Gasteiger partial charge in [-0.1, -0.05) is 18.0 Å². The Labute approximate surface area is 227 Å². The van der Waals surface area contributed by atoms with E-state index in [1.54, 1.807) is 0 Å². The summed E-state index contributed by atoms with van der Waals surface area (Å²) >= 11 is 1.48. The van der Waals surface area contributed by atoms with Crippen LogP contribution in [0.5, 0.6) is 0 Å². The van der Waals surface area contributed by atoms with Crippen molar-refractivity contribution in [3.8, 4) is 0 Å². The molecule has 0 radical (unpaired) electrons. The quantitative estimate of drug-likeness (QED) is 0.196. The number of nitrogens with zero attached hydrogens (tertiary/aromatic N) is 6. The van der Waals surface area contributed by atoms with E-state index in [0.29, 0.717) is 42.2 Å². The smallest absolute Gasteiger partial charge is 0.181 e. The molecule has 10 nitrogen and oxygen atoms in total. The first-order valence-electron chi connectivity index (χ1n) is 14.0. The lowest BCUT2D eigenvalue weighted by Crippen LogP contribution is -2.60. The summed E-state index contributed by atoms with van der Waals surface area (Å²) in [5.74, 6) is -1.13. The Kier molecular flexibility index (Phi) is 6.99. The first kappa shape index (κ1) is 26.2. The average Bonchev–Trinajstić information content (AvgIpc) is 3.68. The first-order chi connectivity index (χ1) is 18.4. The van der Waals surface area contributed by atoms with Crippen LogP contribution in [0, 0.1) is 11.3 Å². The van der Waals surface area contributed by atoms with E-state index in [9.17, 15) is 10.0 Å². The highest BCUT2D eigenvalue weighted by Gasteiger charge is 2.63. The molecule has 2 saturated heterocycles. The molecular weight excluding hydrogens is 504 g/mol. The number of rotatable bonds is 5. The van der Waals surface area contributed by atoms with Crippen molar-refractivity contribution >= 4 is 34.4 Å². The molecule has 2 spiro atoms. The molecule has 4 heterocycles. The first-order valence-corrected chi connectivity index (χ1v) is 15.2. The topological polar surface area (TPSA) is 115 Å². The van der Waals surface area contributed by atoms with Gasteiger partial charge in [0.25, 0.3) is 0 Å². The van der Waals surface area contributed by atoms with Crippen molar-refractivity contribution in [3.05, 3.63) is 12.2 Å². The predicted molar refractivity (Wildman–Crippen MR) is 144 cm³/mol. The van der Waals surface area contributed by atoms with E-state index in [2.05, 4.69) is 33.6 Å². The molecular formula is C27H38N6O4S. The van der Waals surface area contributed by atoms with Crippen LogP contribution in [-0.4, -0.2) is 86.0 Å². The lowest BCUT2D eigenvalue weighted by atomic mass is 9.57. The lowest BCUT2D eigenvalue weighted by Gasteiger charge is -2.52. The van der Waals surface area contributed by atoms with Gasteiger partial charge in [-0.15, -0.1) is 11.8 Å². The average molecular weight is 543 g/mol. The molecule has 0 aromatic carbocycles. The molecule has 11 heteroatoms. The van der Waals surface area contributed by atoms with Gasteiger partial charge in [-0.05, 0) is 65.3 Å². The van der Waals surface area contributed by atoms with Crippen LogP contribution in [0.3, 0.4) is 0 Å². The normalized spacial score (nSPS) is 31.1. The van der Waals surface area contributed by atoms with Gasteiger partial charge in [0, 0.05) is 18.5 Å². The summed E-state index contributed by atoms with van der Waals surface area (Å²) in [5, 5.41) is 14.7. The minimum atomic E-state index is -0.863. The van der Waals surface area contributed by atoms with Gasteiger partial charge < -0.3 is 24.1 Å². The minimum absolute atomic E-state index is 0.0435. The Bertz CT molecular complexity index is 1240. The number of hydrogen-bond acceptors (Lipinski definition) is 10. The molecule has 2 aliphatic heterocycles. The Morgan fingerprint density at radius 2 is 1.92 bits per heavy atom. The van der Waals surface area contributed by atoms with Crippen molar-refractivity contribution in [2.24, 2.45) is 16.5 Å². The van der Waals surface area contributed by atoms with Crippen molar-refractivity contribution in [3.63, 3.8) is 0 Å². The third-order valence-corrected chi connectivity index (χ3v) is 10.2. The monoisotopic (exact) mass is 542 g/mol. The van der Waals surface area contributed by atoms with Gasteiger partial charge in [0.15, 0.2) is 23.0 Å². The fourth-order valence-electron chi connectivity index (χ4n) is 7.62. The maximum absolute atomic E-state index is 14.4. The SMILES string of the molecule is CSc1nc(/C(=N\O)C2CCC[C@@]3(CCCCC34OCCO4)C2=O)nc2c1ncn2[C@@H](C)[C@@H]1CCCN1C. The van der Waals surface area contributed by atoms with Gasteiger partial charge in [0.1, 0.15) is 16.3 Å². The molecule has 206 valence electrons. The van der Waals surface area contributed by atoms with Gasteiger partial charge in [-0.25, -0.2) is 15.0 Å². The number of fused-ring (bicyclic) bond motifs is 2. The molecule has 0 bridgehead atoms. The van der Waals surface area contributed by atoms with Crippen LogP contribution in [0.4, 0.5) is 0 Å². The van der Waals surface area contributed by atoms with E-state index in [4.69, 9.17) is 19.4 Å². The van der Waals surface area contributed by atoms with Crippen LogP contribution in [-0.2, 0) is 14.3 Å². The number of carbonyl (C=O) groups excluding carboxylic acids is 1. The summed E-state index contributed by atoms with van der Waals surface area (Å²) in [7, 11) is 2.16. The van der Waals surface area contributed by atoms with Crippen molar-refractivity contribution in [2.45, 2.75) is 87.6 Å². The highest BCUT2D eigenvalue weighted by atomic mass is 32.2. The van der Waals surface area contributed by atoms with Gasteiger partial charge in [-0.2, -0.15) is 0 Å². The number of imidazole rings is 1. The second kappa shape index (κ2) is 10.1. The van der Waals surface area contributed by atoms with Crippen molar-refractivity contribution < 1.29 is 19.5 Å². The largest absolute Gasteiger partial charge is 0.411 e. The number of ether oxygens (including phenoxy) is 2. The predicted octanol–water partition coefficient (Wildman–Crippen LogP) is 4.05. The van der Waals surface area contributed by atoms with Crippen molar-refractivity contribution in [1.82, 2.24) is 24.4 Å². The highest BCUT2D eigenvalue weighted by molar-refractivity contribution is 7.98. The molecule has 1 unspecified atom stereocenters. The summed E-state index contributed by atoms with van der Waals surface area (Å²) in [6.07, 6.45) is 11.6. The molecule has 4 aliphatic rings. The Morgan fingerprint density at radius 3 is 2.63 bits per heavy atom. The molecule has 2 saturated carbocycles. The van der Waals surface area contributed by atoms with Crippen LogP contribution in [0.25, 0.3) is 11.2 Å². The minimum Gasteiger partial charge on any atom is -0.411 e. The van der Waals surface area contributed by atoms with E-state index >= 15 is 0 Å². The fraction of sp³-hybridized carbons (Fsp3) is 0.741. The number of hydrogen-bond donors (Lipinski definition) is 1. The van der Waals surface area contributed by atoms with Gasteiger partial charge >= 0.3 is 0 Å². The van der Waals surface area contributed by atoms with Crippen molar-refractivity contribution in [1.29, 1.82) is 0 Å². The van der Waals surface area contributed by atoms with E-state index < -0.39 is 17.1 Å². The summed E-state index contributed by atoms with van der Waals surface area (Å²) in [5.41, 5.74) is 0.957. The standard InChI is InChI=1S/C27H38N6O4S/c1-17(19-9-7-13-32(19)2)33-16-28-21-24(33)29-23(30-25(21)38-3)20(31-35)18-8-6-11-26(22(18)34)10-4-5-12-27(26)36-14-15-37-27/h16-19,35H,4-15H2,1-3H3/b31-20-/t17-,18?,19-,26-/m0/s1. The second-order valence-corrected chi connectivity index (χ2v) is 12.1. The van der Waals surface area contributed by atoms with Crippen LogP contribution in [0.1, 0.15) is 76.6 Å². The molecule has 2 aliphatic carbocycles. The molecule has 2 aromatic heterocycles. The summed E-state index contributed by atoms with van der Waals surface area (Å²) in [6.45, 7) is 4.30. The van der Waals surface area contributed by atoms with E-state index in [-0.39, 0.29) is 17.5 Å². The molecule has 4 atom stereocenters. The molecule has 4 fully saturated rings. The zero-order valence-corrected chi connectivity index (χ0v) is 23.4. The van der Waals surface area contributed by atoms with E-state index in [1.807, 2.05) is 12.6 Å². The van der Waals surface area contributed by atoms with Gasteiger partial charge in [0.2, 0.25) is 0 Å². The second-order valence-electron chi connectivity index (χ2n) is 11.3. The zero-order valence-electron chi connectivity index (χ0n) is 22.6. The number of oxime groups is 1. The highest BCUT2D eigenvalue weighted by Crippen LogP contribution is 2.56. The van der Waals surface area contributed by atoms with E-state index in [0.717, 1.165) is 57.0 Å². The molecule has 38 heavy (non-hydrogen) atoms. The number of Topliss-reactive ketones (excluding diaryl/α,β-unsaturated/α-hetero) is 1. The number of thioether (sulfide) groups is 1. The fourth-order valence-corrected chi connectivity index (χ4v) is 8.13. The molecule has 6 rings (SSSR count). The Morgan fingerprint density at radius 1 is 1.16 bits per heavy atom. The zero-order chi connectivity index (χ0) is 26.5. The van der Waals surface area contributed by atoms with Crippen LogP contribution in [0.2, 0.25) is 0 Å². The Balaban J connectivity index is 1.39. The number of likely N-dealkylation sites (tertiary alicyclic amines) is 1. The lowest BCUT2D eigenvalue weighted by molar-refractivity contribution is -0.255. The summed E-state index contributed by atoms with van der Waals surface area (Å²) < 4.78 is 14.5. The van der Waals surface area contributed by atoms with Crippen LogP contribution >= 0.6 is 11.8 Å². The molecule has 1 N–H and O–H groups in total. The number of ketones is 1. The third kappa shape index (κ3) is 3.91. The molecule has 0 amide bonds. The van der Waals surface area contributed by atoms with Crippen LogP contribution < -0.4 is 0 Å². The maximum Gasteiger partial charge on any atom is 0.181 e. The van der Waals surface area contributed by atoms with Gasteiger partial charge in [-0.3, -0.25) is 4.79 Å². The van der Waals surface area contributed by atoms with E-state index in [1.165, 1.54) is 18.2 Å². The van der Waals surface area contributed by atoms with Crippen LogP contribution in [0.15, 0.2) is 16.5 Å². The van der Waals surface area contributed by atoms with Gasteiger partial charge in [0.05, 0.1) is 30.9 Å².